The lowest BCUT2D eigenvalue weighted by molar-refractivity contribution is -0.385. The number of hydrogen-bond acceptors (Lipinski definition) is 7. The smallest absolute Gasteiger partial charge is 0.416 e. The summed E-state index contributed by atoms with van der Waals surface area (Å²) >= 11 is 0. The molecule has 0 saturated heterocycles. The molecule has 0 atom stereocenters. The van der Waals surface area contributed by atoms with E-state index >= 15 is 0 Å². The summed E-state index contributed by atoms with van der Waals surface area (Å²) in [6, 6.07) is 7.95. The van der Waals surface area contributed by atoms with E-state index in [2.05, 4.69) is 10.1 Å². The molecule has 8 nitrogen and oxygen atoms in total. The molecule has 2 aromatic carbocycles. The van der Waals surface area contributed by atoms with Gasteiger partial charge in [0.2, 0.25) is 5.82 Å². The Bertz CT molecular complexity index is 1060. The van der Waals surface area contributed by atoms with Crippen LogP contribution in [0, 0.1) is 17.0 Å². The van der Waals surface area contributed by atoms with Gasteiger partial charge in [0.15, 0.2) is 6.61 Å². The number of esters is 1. The van der Waals surface area contributed by atoms with Crippen molar-refractivity contribution in [1.82, 2.24) is 10.1 Å². The van der Waals surface area contributed by atoms with Gasteiger partial charge in [-0.15, -0.1) is 0 Å². The molecular formula is C18H12F3N3O5. The number of hydrogen-bond donors (Lipinski definition) is 0. The molecule has 0 aliphatic rings. The number of nitro groups is 1. The summed E-state index contributed by atoms with van der Waals surface area (Å²) in [5, 5.41) is 14.4. The molecule has 0 aliphatic heterocycles. The van der Waals surface area contributed by atoms with Gasteiger partial charge in [-0.05, 0) is 31.2 Å². The topological polar surface area (TPSA) is 108 Å². The van der Waals surface area contributed by atoms with E-state index in [0.717, 1.165) is 12.1 Å². The van der Waals surface area contributed by atoms with Gasteiger partial charge in [-0.25, -0.2) is 4.79 Å². The maximum Gasteiger partial charge on any atom is 0.416 e. The highest BCUT2D eigenvalue weighted by Gasteiger charge is 2.30. The predicted molar refractivity (Wildman–Crippen MR) is 91.7 cm³/mol. The Hall–Kier alpha value is -3.76. The second-order valence-corrected chi connectivity index (χ2v) is 5.92. The molecule has 0 radical (unpaired) electrons. The number of ether oxygens (including phenoxy) is 1. The van der Waals surface area contributed by atoms with Gasteiger partial charge >= 0.3 is 12.1 Å². The Morgan fingerprint density at radius 1 is 1.21 bits per heavy atom. The third-order valence-corrected chi connectivity index (χ3v) is 3.89. The maximum absolute atomic E-state index is 12.6. The number of aromatic nitrogens is 2. The summed E-state index contributed by atoms with van der Waals surface area (Å²) in [5.41, 5.74) is -0.232. The lowest BCUT2D eigenvalue weighted by atomic mass is 10.1. The number of rotatable bonds is 5. The van der Waals surface area contributed by atoms with E-state index in [4.69, 9.17) is 9.26 Å². The fourth-order valence-corrected chi connectivity index (χ4v) is 2.44. The van der Waals surface area contributed by atoms with Crippen LogP contribution in [0.5, 0.6) is 0 Å². The number of aryl methyl sites for hydroxylation is 1. The number of nitro benzene ring substituents is 1. The van der Waals surface area contributed by atoms with Crippen LogP contribution in [-0.4, -0.2) is 21.0 Å². The summed E-state index contributed by atoms with van der Waals surface area (Å²) in [7, 11) is 0. The molecule has 150 valence electrons. The van der Waals surface area contributed by atoms with Gasteiger partial charge in [-0.3, -0.25) is 10.1 Å². The Balaban J connectivity index is 1.65. The number of carbonyl (C=O) groups excluding carboxylic acids is 1. The molecular weight excluding hydrogens is 395 g/mol. The quantitative estimate of drug-likeness (QED) is 0.352. The lowest BCUT2D eigenvalue weighted by Gasteiger charge is -2.05. The van der Waals surface area contributed by atoms with Crippen LogP contribution in [0.3, 0.4) is 0 Å². The van der Waals surface area contributed by atoms with Crippen molar-refractivity contribution in [3.8, 4) is 11.4 Å². The highest BCUT2D eigenvalue weighted by Crippen LogP contribution is 2.30. The molecule has 29 heavy (non-hydrogen) atoms. The molecule has 0 aliphatic carbocycles. The fourth-order valence-electron chi connectivity index (χ4n) is 2.44. The van der Waals surface area contributed by atoms with Crippen molar-refractivity contribution < 1.29 is 32.1 Å². The monoisotopic (exact) mass is 407 g/mol. The van der Waals surface area contributed by atoms with E-state index in [1.54, 1.807) is 0 Å². The van der Waals surface area contributed by atoms with Crippen LogP contribution in [0.2, 0.25) is 0 Å². The minimum absolute atomic E-state index is 0.0379. The summed E-state index contributed by atoms with van der Waals surface area (Å²) < 4.78 is 47.7. The number of nitrogens with zero attached hydrogens (tertiary/aromatic N) is 3. The number of carbonyl (C=O) groups is 1. The van der Waals surface area contributed by atoms with E-state index in [0.29, 0.717) is 11.1 Å². The molecule has 11 heteroatoms. The zero-order valence-electron chi connectivity index (χ0n) is 14.8. The van der Waals surface area contributed by atoms with E-state index in [1.165, 1.54) is 37.3 Å². The van der Waals surface area contributed by atoms with Gasteiger partial charge < -0.3 is 9.26 Å². The van der Waals surface area contributed by atoms with Crippen molar-refractivity contribution in [2.45, 2.75) is 19.7 Å². The Kier molecular flexibility index (Phi) is 5.31. The van der Waals surface area contributed by atoms with Gasteiger partial charge in [-0.1, -0.05) is 17.3 Å². The van der Waals surface area contributed by atoms with Crippen molar-refractivity contribution in [3.05, 3.63) is 75.2 Å². The van der Waals surface area contributed by atoms with Crippen LogP contribution in [0.25, 0.3) is 11.4 Å². The predicted octanol–water partition coefficient (Wildman–Crippen LogP) is 4.33. The second-order valence-electron chi connectivity index (χ2n) is 5.92. The third-order valence-electron chi connectivity index (χ3n) is 3.89. The first-order valence-electron chi connectivity index (χ1n) is 8.07. The van der Waals surface area contributed by atoms with Crippen LogP contribution in [0.4, 0.5) is 18.9 Å². The summed E-state index contributed by atoms with van der Waals surface area (Å²) in [4.78, 5) is 26.3. The average molecular weight is 407 g/mol. The molecule has 1 aromatic heterocycles. The molecule has 0 saturated carbocycles. The minimum Gasteiger partial charge on any atom is -0.452 e. The SMILES string of the molecule is Cc1cc(C(=O)OCc2nc(-c3ccc(C(F)(F)F)cc3)no2)ccc1[N+](=O)[O-]. The van der Waals surface area contributed by atoms with Gasteiger partial charge in [-0.2, -0.15) is 18.2 Å². The number of halogens is 3. The normalized spacial score (nSPS) is 11.3. The minimum atomic E-state index is -4.45. The molecule has 0 fully saturated rings. The van der Waals surface area contributed by atoms with Gasteiger partial charge in [0.25, 0.3) is 11.6 Å². The highest BCUT2D eigenvalue weighted by atomic mass is 19.4. The van der Waals surface area contributed by atoms with Crippen LogP contribution in [0.15, 0.2) is 47.0 Å². The van der Waals surface area contributed by atoms with E-state index < -0.39 is 22.6 Å². The first kappa shape index (κ1) is 20.0. The highest BCUT2D eigenvalue weighted by molar-refractivity contribution is 5.90. The first-order valence-corrected chi connectivity index (χ1v) is 8.07. The Morgan fingerprint density at radius 2 is 1.90 bits per heavy atom. The summed E-state index contributed by atoms with van der Waals surface area (Å²) in [5.74, 6) is -0.778. The first-order chi connectivity index (χ1) is 13.6. The molecule has 0 unspecified atom stereocenters. The zero-order chi connectivity index (χ0) is 21.2. The Morgan fingerprint density at radius 3 is 2.48 bits per heavy atom. The van der Waals surface area contributed by atoms with Crippen LogP contribution < -0.4 is 0 Å². The second kappa shape index (κ2) is 7.70. The fraction of sp³-hybridized carbons (Fsp3) is 0.167. The standard InChI is InChI=1S/C18H12F3N3O5/c1-10-8-12(4-7-14(10)24(26)27)17(25)28-9-15-22-16(23-29-15)11-2-5-13(6-3-11)18(19,20)21/h2-8H,9H2,1H3. The molecule has 0 spiro atoms. The molecule has 3 rings (SSSR count). The maximum atomic E-state index is 12.6. The van der Waals surface area contributed by atoms with Crippen molar-refractivity contribution in [1.29, 1.82) is 0 Å². The van der Waals surface area contributed by atoms with E-state index in [1.807, 2.05) is 0 Å². The van der Waals surface area contributed by atoms with Crippen LogP contribution in [-0.2, 0) is 17.5 Å². The molecule has 0 amide bonds. The molecule has 0 bridgehead atoms. The molecule has 1 heterocycles. The zero-order valence-corrected chi connectivity index (χ0v) is 14.8. The molecule has 3 aromatic rings. The van der Waals surface area contributed by atoms with Crippen molar-refractivity contribution in [2.75, 3.05) is 0 Å². The van der Waals surface area contributed by atoms with Crippen molar-refractivity contribution in [3.63, 3.8) is 0 Å². The van der Waals surface area contributed by atoms with Gasteiger partial charge in [0.1, 0.15) is 0 Å². The molecule has 0 N–H and O–H groups in total. The summed E-state index contributed by atoms with van der Waals surface area (Å²) in [6.45, 7) is 1.12. The third kappa shape index (κ3) is 4.57. The number of benzene rings is 2. The summed E-state index contributed by atoms with van der Waals surface area (Å²) in [6.07, 6.45) is -4.45. The average Bonchev–Trinajstić information content (AvgIpc) is 3.14. The van der Waals surface area contributed by atoms with E-state index in [9.17, 15) is 28.1 Å². The largest absolute Gasteiger partial charge is 0.452 e. The van der Waals surface area contributed by atoms with Crippen LogP contribution in [0.1, 0.15) is 27.4 Å². The Labute approximate surface area is 161 Å². The van der Waals surface area contributed by atoms with Gasteiger partial charge in [0.05, 0.1) is 16.1 Å². The van der Waals surface area contributed by atoms with E-state index in [-0.39, 0.29) is 29.6 Å². The lowest BCUT2D eigenvalue weighted by Crippen LogP contribution is -2.06. The van der Waals surface area contributed by atoms with Crippen molar-refractivity contribution >= 4 is 11.7 Å². The van der Waals surface area contributed by atoms with Crippen LogP contribution >= 0.6 is 0 Å². The van der Waals surface area contributed by atoms with Crippen molar-refractivity contribution in [2.24, 2.45) is 0 Å². The van der Waals surface area contributed by atoms with Gasteiger partial charge in [0, 0.05) is 17.2 Å². The number of alkyl halides is 3.